The number of hydrogen-bond acceptors (Lipinski definition) is 6. The molecule has 0 spiro atoms. The quantitative estimate of drug-likeness (QED) is 0.488. The normalized spacial score (nSPS) is 16.7. The molecule has 0 N–H and O–H groups in total. The average Bonchev–Trinajstić information content (AvgIpc) is 3.23. The summed E-state index contributed by atoms with van der Waals surface area (Å²) < 4.78 is 20.9. The van der Waals surface area contributed by atoms with E-state index in [4.69, 9.17) is 4.74 Å². The summed E-state index contributed by atoms with van der Waals surface area (Å²) in [6, 6.07) is 10.3. The highest BCUT2D eigenvalue weighted by atomic mass is 19.1. The molecule has 1 amide bonds. The van der Waals surface area contributed by atoms with Gasteiger partial charge in [0.25, 0.3) is 5.91 Å². The second-order valence-corrected chi connectivity index (χ2v) is 6.91. The van der Waals surface area contributed by atoms with Crippen LogP contribution >= 0.6 is 0 Å². The van der Waals surface area contributed by atoms with Gasteiger partial charge < -0.3 is 9.64 Å². The number of hydrogen-bond donors (Lipinski definition) is 0. The largest absolute Gasteiger partial charge is 0.366 e. The highest BCUT2D eigenvalue weighted by Crippen LogP contribution is 2.23. The number of amides is 1. The van der Waals surface area contributed by atoms with E-state index in [9.17, 15) is 9.18 Å². The number of nitrogens with zero attached hydrogens (tertiary/aromatic N) is 6. The van der Waals surface area contributed by atoms with Crippen molar-refractivity contribution >= 4 is 11.6 Å². The average molecular weight is 404 g/mol. The summed E-state index contributed by atoms with van der Waals surface area (Å²) in [5.41, 5.74) is 2.88. The molecule has 1 aliphatic heterocycles. The van der Waals surface area contributed by atoms with Crippen LogP contribution in [0.2, 0.25) is 0 Å². The van der Waals surface area contributed by atoms with Gasteiger partial charge in [-0.3, -0.25) is 9.78 Å². The van der Waals surface area contributed by atoms with E-state index in [2.05, 4.69) is 20.1 Å². The van der Waals surface area contributed by atoms with Crippen LogP contribution in [-0.4, -0.2) is 55.1 Å². The second kappa shape index (κ2) is 7.60. The number of fused-ring (bicyclic) bond motifs is 1. The number of morpholine rings is 1. The summed E-state index contributed by atoms with van der Waals surface area (Å²) in [5.74, 6) is -0.457. The predicted molar refractivity (Wildman–Crippen MR) is 105 cm³/mol. The van der Waals surface area contributed by atoms with Crippen LogP contribution in [0.5, 0.6) is 0 Å². The smallest absolute Gasteiger partial charge is 0.254 e. The van der Waals surface area contributed by atoms with E-state index >= 15 is 0 Å². The molecule has 30 heavy (non-hydrogen) atoms. The Hall–Kier alpha value is -3.72. The summed E-state index contributed by atoms with van der Waals surface area (Å²) in [7, 11) is 0. The molecule has 0 aromatic carbocycles. The third kappa shape index (κ3) is 3.50. The van der Waals surface area contributed by atoms with Crippen molar-refractivity contribution in [1.29, 1.82) is 0 Å². The third-order valence-electron chi connectivity index (χ3n) is 4.96. The van der Waals surface area contributed by atoms with Crippen molar-refractivity contribution in [2.45, 2.75) is 6.10 Å². The maximum absolute atomic E-state index is 13.4. The minimum absolute atomic E-state index is 0.257. The van der Waals surface area contributed by atoms with Crippen LogP contribution in [0, 0.1) is 5.95 Å². The fraction of sp³-hybridized carbons (Fsp3) is 0.190. The van der Waals surface area contributed by atoms with E-state index in [0.717, 1.165) is 17.2 Å². The van der Waals surface area contributed by atoms with Crippen LogP contribution in [0.15, 0.2) is 61.2 Å². The first-order valence-electron chi connectivity index (χ1n) is 9.46. The first-order chi connectivity index (χ1) is 14.7. The molecule has 0 aliphatic carbocycles. The summed E-state index contributed by atoms with van der Waals surface area (Å²) in [6.45, 7) is 1.05. The summed E-state index contributed by atoms with van der Waals surface area (Å²) in [4.78, 5) is 26.5. The molecule has 4 aromatic heterocycles. The standard InChI is InChI=1S/C21H17FN6O2/c22-18-10-14(5-7-24-18)21(29)27-8-9-30-17(13-27)20-25-19-4-3-16(12-28(19)26-20)15-2-1-6-23-11-15/h1-7,10-12,17H,8-9,13H2/t17-/m0/s1. The van der Waals surface area contributed by atoms with Gasteiger partial charge in [0.1, 0.15) is 6.10 Å². The zero-order valence-corrected chi connectivity index (χ0v) is 15.8. The van der Waals surface area contributed by atoms with E-state index in [1.54, 1.807) is 21.8 Å². The molecule has 0 unspecified atom stereocenters. The number of carbonyl (C=O) groups excluding carboxylic acids is 1. The van der Waals surface area contributed by atoms with Gasteiger partial charge in [-0.25, -0.2) is 14.5 Å². The van der Waals surface area contributed by atoms with Gasteiger partial charge in [-0.2, -0.15) is 4.39 Å². The first-order valence-corrected chi connectivity index (χ1v) is 9.46. The number of aromatic nitrogens is 5. The lowest BCUT2D eigenvalue weighted by Gasteiger charge is -2.31. The fourth-order valence-electron chi connectivity index (χ4n) is 3.45. The van der Waals surface area contributed by atoms with Gasteiger partial charge in [0, 0.05) is 54.1 Å². The highest BCUT2D eigenvalue weighted by Gasteiger charge is 2.29. The minimum Gasteiger partial charge on any atom is -0.366 e. The van der Waals surface area contributed by atoms with E-state index in [1.165, 1.54) is 12.3 Å². The Bertz CT molecular complexity index is 1210. The monoisotopic (exact) mass is 404 g/mol. The maximum atomic E-state index is 13.4. The van der Waals surface area contributed by atoms with Crippen molar-refractivity contribution in [1.82, 2.24) is 29.5 Å². The van der Waals surface area contributed by atoms with Crippen molar-refractivity contribution < 1.29 is 13.9 Å². The lowest BCUT2D eigenvalue weighted by molar-refractivity contribution is -0.0267. The molecule has 1 saturated heterocycles. The number of rotatable bonds is 3. The van der Waals surface area contributed by atoms with E-state index in [-0.39, 0.29) is 18.0 Å². The van der Waals surface area contributed by atoms with Gasteiger partial charge in [0.05, 0.1) is 13.2 Å². The van der Waals surface area contributed by atoms with E-state index < -0.39 is 12.1 Å². The van der Waals surface area contributed by atoms with Crippen LogP contribution < -0.4 is 0 Å². The highest BCUT2D eigenvalue weighted by molar-refractivity contribution is 5.94. The van der Waals surface area contributed by atoms with Gasteiger partial charge in [0.2, 0.25) is 5.95 Å². The molecule has 4 aromatic rings. The summed E-state index contributed by atoms with van der Waals surface area (Å²) in [5, 5.41) is 4.56. The number of ether oxygens (including phenoxy) is 1. The van der Waals surface area contributed by atoms with Crippen LogP contribution in [0.4, 0.5) is 4.39 Å². The number of carbonyl (C=O) groups is 1. The van der Waals surface area contributed by atoms with E-state index in [1.807, 2.05) is 30.5 Å². The molecule has 1 fully saturated rings. The lowest BCUT2D eigenvalue weighted by atomic mass is 10.1. The van der Waals surface area contributed by atoms with Crippen LogP contribution in [0.3, 0.4) is 0 Å². The Kier molecular flexibility index (Phi) is 4.64. The third-order valence-corrected chi connectivity index (χ3v) is 4.96. The van der Waals surface area contributed by atoms with Crippen molar-refractivity contribution in [2.24, 2.45) is 0 Å². The van der Waals surface area contributed by atoms with Gasteiger partial charge in [-0.15, -0.1) is 5.10 Å². The molecule has 5 rings (SSSR count). The van der Waals surface area contributed by atoms with Crippen molar-refractivity contribution in [3.63, 3.8) is 0 Å². The molecule has 5 heterocycles. The summed E-state index contributed by atoms with van der Waals surface area (Å²) >= 11 is 0. The van der Waals surface area contributed by atoms with Crippen molar-refractivity contribution in [3.05, 3.63) is 78.5 Å². The maximum Gasteiger partial charge on any atom is 0.254 e. The first kappa shape index (κ1) is 18.3. The Morgan fingerprint density at radius 3 is 2.93 bits per heavy atom. The van der Waals surface area contributed by atoms with Crippen molar-refractivity contribution in [2.75, 3.05) is 19.7 Å². The molecule has 0 radical (unpaired) electrons. The van der Waals surface area contributed by atoms with Gasteiger partial charge in [-0.1, -0.05) is 6.07 Å². The van der Waals surface area contributed by atoms with Crippen LogP contribution in [0.1, 0.15) is 22.3 Å². The Morgan fingerprint density at radius 1 is 1.17 bits per heavy atom. The predicted octanol–water partition coefficient (Wildman–Crippen LogP) is 2.54. The number of pyridine rings is 3. The second-order valence-electron chi connectivity index (χ2n) is 6.91. The number of halogens is 1. The molecule has 150 valence electrons. The van der Waals surface area contributed by atoms with Crippen LogP contribution in [0.25, 0.3) is 16.8 Å². The molecule has 0 bridgehead atoms. The molecule has 0 saturated carbocycles. The molecule has 9 heteroatoms. The SMILES string of the molecule is O=C(c1ccnc(F)c1)N1CCO[C@H](c2nc3ccc(-c4cccnc4)cn3n2)C1. The molecular formula is C21H17FN6O2. The van der Waals surface area contributed by atoms with Gasteiger partial charge in [-0.05, 0) is 24.3 Å². The van der Waals surface area contributed by atoms with Gasteiger partial charge >= 0.3 is 0 Å². The van der Waals surface area contributed by atoms with Gasteiger partial charge in [0.15, 0.2) is 11.5 Å². The van der Waals surface area contributed by atoms with E-state index in [0.29, 0.717) is 24.6 Å². The molecule has 8 nitrogen and oxygen atoms in total. The fourth-order valence-corrected chi connectivity index (χ4v) is 3.45. The zero-order valence-electron chi connectivity index (χ0n) is 15.8. The topological polar surface area (TPSA) is 85.5 Å². The molecule has 1 aliphatic rings. The summed E-state index contributed by atoms with van der Waals surface area (Å²) in [6.07, 6.45) is 6.22. The zero-order chi connectivity index (χ0) is 20.5. The molecule has 1 atom stereocenters. The lowest BCUT2D eigenvalue weighted by Crippen LogP contribution is -2.42. The Balaban J connectivity index is 1.39. The molecular weight excluding hydrogens is 387 g/mol. The van der Waals surface area contributed by atoms with Crippen LogP contribution in [-0.2, 0) is 4.74 Å². The van der Waals surface area contributed by atoms with Crippen molar-refractivity contribution in [3.8, 4) is 11.1 Å². The Labute approximate surface area is 171 Å². The minimum atomic E-state index is -0.683. The Morgan fingerprint density at radius 2 is 2.10 bits per heavy atom.